The summed E-state index contributed by atoms with van der Waals surface area (Å²) in [5.41, 5.74) is 11.5. The van der Waals surface area contributed by atoms with Gasteiger partial charge in [-0.15, -0.1) is 11.3 Å². The maximum atomic E-state index is 13.3. The fourth-order valence-electron chi connectivity index (χ4n) is 12.4. The molecule has 141 heavy (non-hydrogen) atoms. The van der Waals surface area contributed by atoms with E-state index in [4.69, 9.17) is 130 Å². The summed E-state index contributed by atoms with van der Waals surface area (Å²) in [7, 11) is -15.4. The first-order valence-electron chi connectivity index (χ1n) is 40.1. The molecular weight excluding hydrogens is 2300 g/mol. The number of nitrogen functional groups attached to an aromatic ring is 2. The maximum absolute atomic E-state index is 13.3. The summed E-state index contributed by atoms with van der Waals surface area (Å²) in [6.45, 7) is 15.7. The number of hydrogen-bond donors (Lipinski definition) is 6. The Balaban J connectivity index is 0.000000157. The van der Waals surface area contributed by atoms with Gasteiger partial charge in [0.05, 0.1) is 54.3 Å². The van der Waals surface area contributed by atoms with Gasteiger partial charge in [-0.1, -0.05) is 223 Å². The van der Waals surface area contributed by atoms with Gasteiger partial charge < -0.3 is 30.8 Å². The van der Waals surface area contributed by atoms with E-state index >= 15 is 0 Å². The molecule has 3 amide bonds. The van der Waals surface area contributed by atoms with Crippen LogP contribution in [-0.2, 0) is 67.1 Å². The van der Waals surface area contributed by atoms with Crippen molar-refractivity contribution in [2.45, 2.75) is 118 Å². The van der Waals surface area contributed by atoms with Gasteiger partial charge in [0.25, 0.3) is 40.1 Å². The van der Waals surface area contributed by atoms with E-state index < -0.39 is 81.3 Å². The number of nitrogens with zero attached hydrogens (tertiary/aromatic N) is 13. The zero-order valence-corrected chi connectivity index (χ0v) is 90.3. The lowest BCUT2D eigenvalue weighted by molar-refractivity contribution is 0.0624. The van der Waals surface area contributed by atoms with Crippen LogP contribution < -0.4 is 27.4 Å². The minimum atomic E-state index is -4.03. The van der Waals surface area contributed by atoms with E-state index in [0.29, 0.717) is 97.8 Å². The quantitative estimate of drug-likeness (QED) is 0.0249. The molecule has 17 aromatic rings. The average Bonchev–Trinajstić information content (AvgIpc) is 1.60. The third-order valence-corrected chi connectivity index (χ3v) is 33.1. The number of fused-ring (bicyclic) bond motifs is 4. The van der Waals surface area contributed by atoms with Crippen molar-refractivity contribution in [2.75, 3.05) is 27.4 Å². The SMILES string of the molecule is CC(C)(C)OC(=O)Nc1nc(Cl)c(C(O)c2cn(S(=O)(=O)c3ccccc3)c3ncc(Cl)cc23)s1.CC(C)(C)OC(=O)Nc1nc(Cl)c(C=O)s1.CC(C)(C)OC(=O)Nc1nc(Cl)c(Cc2cn(S(=O)(=O)c3ccccc3)c3ncc(Cl)cc23)s1.Nc1nc(Cl)c(C=O)s1.Nc1nc(Cl)c(Cc2cn(S(=O)(=O)c3ccccc3)c3ncc(Cl)cc23)s1.O=S(=O)(c1ccccc1)n1cc(I)c2cc(Cl)cnc21. The number of pyridine rings is 4. The number of anilines is 5. The molecule has 0 fully saturated rings. The number of rotatable bonds is 19. The number of aliphatic hydroxyl groups excluding tert-OH is 1. The summed E-state index contributed by atoms with van der Waals surface area (Å²) in [6.07, 6.45) is 9.90. The summed E-state index contributed by atoms with van der Waals surface area (Å²) >= 11 is 61.6. The molecule has 0 saturated carbocycles. The Morgan fingerprint density at radius 3 is 1.06 bits per heavy atom. The highest BCUT2D eigenvalue weighted by Gasteiger charge is 2.33. The molecule has 0 saturated heterocycles. The Hall–Kier alpha value is -10.4. The topological polar surface area (TPSA) is 494 Å². The minimum Gasteiger partial charge on any atom is -0.444 e. The molecule has 0 radical (unpaired) electrons. The standard InChI is InChI=1S/C22H20Cl2N4O5S2.C22H20Cl2N4O4S2.C17H12Cl2N4O2S2.C13H8ClIN2O2S.C9H11ClN2O3S.C4H3ClN2OS/c1-22(2,3)33-21(30)27-20-26-18(24)17(34-20)16(29)15-11-28(19-14(15)9-12(23)10-25-19)35(31,32)13-7-5-4-6-8-13;1-22(2,3)32-21(29)27-20-26-18(24)17(33-20)9-13-12-28(19-16(13)10-14(23)11-25-19)34(30,31)15-7-5-4-6-8-15;18-11-7-13-10(6-14-15(19)22-17(20)26-14)9-23(16(13)21-8-11)27(24,25)12-4-2-1-3-5-12;14-9-6-11-12(15)8-17(13(11)16-7-9)20(18,19)10-4-2-1-3-5-10;1-9(2,3)15-8(14)12-7-11-6(10)5(4-13)16-7;5-3-2(1-8)9-4(6)7-3/h4-11,16,29H,1-3H3,(H,26,27,30);4-8,10-12H,9H2,1-3H3,(H,26,27,29);1-5,7-9H,6H2,(H2,20,22);1-8H;4H,1-3H3,(H,11,12,14);1H,(H2,6,7). The Morgan fingerprint density at radius 1 is 0.404 bits per heavy atom. The minimum absolute atomic E-state index is 0.0503. The highest BCUT2D eigenvalue weighted by molar-refractivity contribution is 14.1. The molecule has 4 aromatic carbocycles. The molecule has 8 N–H and O–H groups in total. The first kappa shape index (κ1) is 109. The van der Waals surface area contributed by atoms with E-state index in [2.05, 4.69) is 83.4 Å². The molecule has 35 nitrogen and oxygen atoms in total. The predicted molar refractivity (Wildman–Crippen MR) is 562 cm³/mol. The summed E-state index contributed by atoms with van der Waals surface area (Å²) in [5.74, 6) is 0. The molecule has 13 heterocycles. The number of aldehydes is 2. The van der Waals surface area contributed by atoms with Gasteiger partial charge in [-0.25, -0.2) is 109 Å². The molecule has 17 rings (SSSR count). The van der Waals surface area contributed by atoms with Crippen LogP contribution in [0.15, 0.2) is 215 Å². The van der Waals surface area contributed by atoms with Crippen LogP contribution in [0.1, 0.15) is 119 Å². The zero-order chi connectivity index (χ0) is 103. The third-order valence-electron chi connectivity index (χ3n) is 18.1. The van der Waals surface area contributed by atoms with Crippen LogP contribution in [0.25, 0.3) is 44.1 Å². The van der Waals surface area contributed by atoms with E-state index in [0.717, 1.165) is 55.8 Å². The molecular formula is C87H74Cl9IN18O17S9. The van der Waals surface area contributed by atoms with E-state index in [9.17, 15) is 62.8 Å². The van der Waals surface area contributed by atoms with Crippen LogP contribution in [0.3, 0.4) is 0 Å². The monoisotopic (exact) mass is 2370 g/mol. The van der Waals surface area contributed by atoms with Gasteiger partial charge in [0.2, 0.25) is 0 Å². The number of nitrogens with two attached hydrogens (primary N) is 2. The average molecular weight is 2380 g/mol. The summed E-state index contributed by atoms with van der Waals surface area (Å²) in [5, 5.41) is 24.4. The lowest BCUT2D eigenvalue weighted by Crippen LogP contribution is -2.27. The van der Waals surface area contributed by atoms with Crippen molar-refractivity contribution >= 4 is 324 Å². The predicted octanol–water partition coefficient (Wildman–Crippen LogP) is 23.3. The van der Waals surface area contributed by atoms with Crippen LogP contribution in [0.2, 0.25) is 45.9 Å². The number of carbonyl (C=O) groups excluding carboxylic acids is 5. The molecule has 0 aliphatic carbocycles. The lowest BCUT2D eigenvalue weighted by atomic mass is 10.1. The first-order valence-corrected chi connectivity index (χ1v) is 54.4. The molecule has 0 aliphatic rings. The van der Waals surface area contributed by atoms with Crippen molar-refractivity contribution in [3.05, 3.63) is 286 Å². The number of benzene rings is 4. The normalized spacial score (nSPS) is 12.0. The fraction of sp³-hybridized carbons (Fsp3) is 0.172. The van der Waals surface area contributed by atoms with Crippen LogP contribution in [0.4, 0.5) is 40.0 Å². The van der Waals surface area contributed by atoms with Gasteiger partial charge in [-0.05, 0) is 169 Å². The number of aliphatic hydroxyl groups is 1. The number of amides is 3. The number of hydrogen-bond acceptors (Lipinski definition) is 33. The Kier molecular flexibility index (Phi) is 35.5. The number of carbonyl (C=O) groups is 5. The number of thiazole rings is 5. The van der Waals surface area contributed by atoms with Gasteiger partial charge in [0.15, 0.2) is 71.1 Å². The van der Waals surface area contributed by atoms with Crippen molar-refractivity contribution in [3.8, 4) is 0 Å². The first-order chi connectivity index (χ1) is 66.2. The molecule has 0 spiro atoms. The number of halogens is 10. The molecule has 13 aromatic heterocycles. The lowest BCUT2D eigenvalue weighted by Gasteiger charge is -2.18. The highest BCUT2D eigenvalue weighted by atomic mass is 127. The second-order valence-corrected chi connectivity index (χ2v) is 49.1. The van der Waals surface area contributed by atoms with Crippen LogP contribution in [0, 0.1) is 3.57 Å². The summed E-state index contributed by atoms with van der Waals surface area (Å²) in [6, 6.07) is 38.9. The van der Waals surface area contributed by atoms with Crippen LogP contribution >= 0.6 is 184 Å². The fourth-order valence-corrected chi connectivity index (χ4v) is 24.6. The molecule has 54 heteroatoms. The van der Waals surface area contributed by atoms with Crippen molar-refractivity contribution in [1.29, 1.82) is 0 Å². The van der Waals surface area contributed by atoms with Gasteiger partial charge in [-0.2, -0.15) is 0 Å². The van der Waals surface area contributed by atoms with Crippen molar-refractivity contribution < 1.29 is 77.0 Å². The largest absolute Gasteiger partial charge is 0.444 e. The molecule has 738 valence electrons. The molecule has 0 aliphatic heterocycles. The van der Waals surface area contributed by atoms with Crippen molar-refractivity contribution in [2.24, 2.45) is 0 Å². The number of ether oxygens (including phenoxy) is 3. The third kappa shape index (κ3) is 27.6. The van der Waals surface area contributed by atoms with Gasteiger partial charge in [0.1, 0.15) is 48.1 Å². The van der Waals surface area contributed by atoms with Gasteiger partial charge in [0, 0.05) is 93.1 Å². The molecule has 1 unspecified atom stereocenters. The Bertz CT molecular complexity index is 8040. The summed E-state index contributed by atoms with van der Waals surface area (Å²) in [4.78, 5) is 95.4. The van der Waals surface area contributed by atoms with Crippen LogP contribution in [-0.4, -0.2) is 147 Å². The van der Waals surface area contributed by atoms with Gasteiger partial charge >= 0.3 is 18.3 Å². The highest BCUT2D eigenvalue weighted by Crippen LogP contribution is 2.42. The molecule has 1 atom stereocenters. The van der Waals surface area contributed by atoms with Gasteiger partial charge in [-0.3, -0.25) is 25.5 Å². The maximum Gasteiger partial charge on any atom is 0.413 e. The van der Waals surface area contributed by atoms with E-state index in [1.165, 1.54) is 110 Å². The van der Waals surface area contributed by atoms with E-state index in [-0.39, 0.29) is 93.6 Å². The van der Waals surface area contributed by atoms with Crippen molar-refractivity contribution in [1.82, 2.24) is 60.7 Å². The smallest absolute Gasteiger partial charge is 0.413 e. The van der Waals surface area contributed by atoms with Crippen LogP contribution in [0.5, 0.6) is 0 Å². The second kappa shape index (κ2) is 45.7. The van der Waals surface area contributed by atoms with Crippen molar-refractivity contribution in [3.63, 3.8) is 0 Å². The Morgan fingerprint density at radius 2 is 0.702 bits per heavy atom. The zero-order valence-electron chi connectivity index (χ0n) is 74.0. The van der Waals surface area contributed by atoms with E-state index in [1.54, 1.807) is 178 Å². The number of nitrogens with one attached hydrogen (secondary N) is 3. The number of aromatic nitrogens is 13. The second-order valence-electron chi connectivity index (χ2n) is 31.9. The Labute approximate surface area is 883 Å². The van der Waals surface area contributed by atoms with E-state index in [1.807, 2.05) is 0 Å². The summed E-state index contributed by atoms with van der Waals surface area (Å²) < 4.78 is 125. The molecule has 0 bridgehead atoms.